The van der Waals surface area contributed by atoms with Crippen LogP contribution in [0.3, 0.4) is 0 Å². The number of carbonyl (C=O) groups is 1. The van der Waals surface area contributed by atoms with Crippen molar-refractivity contribution in [1.29, 1.82) is 0 Å². The standard InChI is InChI=1S/C9H20N2O3/c1-4-13-5-7(2)14-6-9(3,11)8(10)12/h7H,4-6,11H2,1-3H3,(H2,10,12). The normalized spacial score (nSPS) is 17.4. The Bertz CT molecular complexity index is 183. The minimum absolute atomic E-state index is 0.0859. The van der Waals surface area contributed by atoms with Gasteiger partial charge in [0.15, 0.2) is 0 Å². The average Bonchev–Trinajstić information content (AvgIpc) is 2.11. The minimum Gasteiger partial charge on any atom is -0.379 e. The molecule has 14 heavy (non-hydrogen) atoms. The molecule has 4 N–H and O–H groups in total. The van der Waals surface area contributed by atoms with Gasteiger partial charge in [-0.25, -0.2) is 0 Å². The Morgan fingerprint density at radius 3 is 2.57 bits per heavy atom. The number of ether oxygens (including phenoxy) is 2. The molecule has 0 rings (SSSR count). The molecule has 0 radical (unpaired) electrons. The van der Waals surface area contributed by atoms with Gasteiger partial charge in [0.25, 0.3) is 0 Å². The lowest BCUT2D eigenvalue weighted by molar-refractivity contribution is -0.126. The lowest BCUT2D eigenvalue weighted by atomic mass is 10.1. The Morgan fingerprint density at radius 2 is 2.14 bits per heavy atom. The highest BCUT2D eigenvalue weighted by Gasteiger charge is 2.26. The summed E-state index contributed by atoms with van der Waals surface area (Å²) in [6.45, 7) is 6.55. The summed E-state index contributed by atoms with van der Waals surface area (Å²) in [5.74, 6) is -0.568. The third kappa shape index (κ3) is 5.16. The van der Waals surface area contributed by atoms with Crippen LogP contribution in [0.1, 0.15) is 20.8 Å². The number of primary amides is 1. The lowest BCUT2D eigenvalue weighted by Gasteiger charge is -2.22. The fourth-order valence-corrected chi connectivity index (χ4v) is 0.718. The Kier molecular flexibility index (Phi) is 5.68. The van der Waals surface area contributed by atoms with Crippen molar-refractivity contribution in [2.75, 3.05) is 19.8 Å². The number of nitrogens with two attached hydrogens (primary N) is 2. The summed E-state index contributed by atoms with van der Waals surface area (Å²) in [7, 11) is 0. The summed E-state index contributed by atoms with van der Waals surface area (Å²) in [5.41, 5.74) is 9.57. The van der Waals surface area contributed by atoms with Gasteiger partial charge in [0.1, 0.15) is 5.54 Å². The Balaban J connectivity index is 3.75. The molecule has 0 aliphatic heterocycles. The molecule has 0 bridgehead atoms. The molecule has 0 fully saturated rings. The molecular formula is C9H20N2O3. The van der Waals surface area contributed by atoms with E-state index in [4.69, 9.17) is 20.9 Å². The quantitative estimate of drug-likeness (QED) is 0.592. The molecule has 0 aromatic carbocycles. The second-order valence-electron chi connectivity index (χ2n) is 3.56. The van der Waals surface area contributed by atoms with Gasteiger partial charge in [0, 0.05) is 6.61 Å². The highest BCUT2D eigenvalue weighted by atomic mass is 16.5. The third-order valence-electron chi connectivity index (χ3n) is 1.79. The SMILES string of the molecule is CCOCC(C)OCC(C)(N)C(N)=O. The van der Waals surface area contributed by atoms with Crippen LogP contribution >= 0.6 is 0 Å². The number of hydrogen-bond donors (Lipinski definition) is 2. The zero-order valence-electron chi connectivity index (χ0n) is 9.08. The van der Waals surface area contributed by atoms with E-state index in [0.29, 0.717) is 13.2 Å². The maximum atomic E-state index is 10.8. The van der Waals surface area contributed by atoms with Crippen LogP contribution in [0.15, 0.2) is 0 Å². The Morgan fingerprint density at radius 1 is 1.57 bits per heavy atom. The van der Waals surface area contributed by atoms with Gasteiger partial charge in [0.2, 0.25) is 5.91 Å². The predicted molar refractivity (Wildman–Crippen MR) is 53.7 cm³/mol. The zero-order valence-corrected chi connectivity index (χ0v) is 9.08. The average molecular weight is 204 g/mol. The monoisotopic (exact) mass is 204 g/mol. The van der Waals surface area contributed by atoms with Crippen LogP contribution in [0, 0.1) is 0 Å². The fourth-order valence-electron chi connectivity index (χ4n) is 0.718. The van der Waals surface area contributed by atoms with Crippen molar-refractivity contribution >= 4 is 5.91 Å². The third-order valence-corrected chi connectivity index (χ3v) is 1.79. The van der Waals surface area contributed by atoms with Crippen molar-refractivity contribution in [3.05, 3.63) is 0 Å². The molecule has 0 aromatic rings. The maximum Gasteiger partial charge on any atom is 0.239 e. The summed E-state index contributed by atoms with van der Waals surface area (Å²) in [4.78, 5) is 10.8. The van der Waals surface area contributed by atoms with Crippen molar-refractivity contribution < 1.29 is 14.3 Å². The summed E-state index contributed by atoms with van der Waals surface area (Å²) < 4.78 is 10.5. The van der Waals surface area contributed by atoms with Gasteiger partial charge < -0.3 is 20.9 Å². The van der Waals surface area contributed by atoms with E-state index in [1.54, 1.807) is 6.92 Å². The van der Waals surface area contributed by atoms with Crippen LogP contribution in [0.4, 0.5) is 0 Å². The first-order valence-corrected chi connectivity index (χ1v) is 4.68. The van der Waals surface area contributed by atoms with E-state index in [0.717, 1.165) is 0 Å². The molecule has 1 amide bonds. The topological polar surface area (TPSA) is 87.6 Å². The summed E-state index contributed by atoms with van der Waals surface area (Å²) >= 11 is 0. The van der Waals surface area contributed by atoms with E-state index in [1.807, 2.05) is 13.8 Å². The molecule has 0 aliphatic carbocycles. The van der Waals surface area contributed by atoms with Crippen molar-refractivity contribution in [3.8, 4) is 0 Å². The van der Waals surface area contributed by atoms with Gasteiger partial charge in [-0.05, 0) is 20.8 Å². The second-order valence-corrected chi connectivity index (χ2v) is 3.56. The van der Waals surface area contributed by atoms with E-state index < -0.39 is 11.4 Å². The van der Waals surface area contributed by atoms with E-state index >= 15 is 0 Å². The number of carbonyl (C=O) groups excluding carboxylic acids is 1. The van der Waals surface area contributed by atoms with E-state index in [2.05, 4.69) is 0 Å². The van der Waals surface area contributed by atoms with Gasteiger partial charge in [-0.2, -0.15) is 0 Å². The minimum atomic E-state index is -1.11. The molecule has 5 heteroatoms. The van der Waals surface area contributed by atoms with Crippen LogP contribution in [0.2, 0.25) is 0 Å². The van der Waals surface area contributed by atoms with Gasteiger partial charge >= 0.3 is 0 Å². The van der Waals surface area contributed by atoms with Gasteiger partial charge in [0.05, 0.1) is 19.3 Å². The van der Waals surface area contributed by atoms with Crippen molar-refractivity contribution in [2.24, 2.45) is 11.5 Å². The van der Waals surface area contributed by atoms with Crippen LogP contribution in [0.25, 0.3) is 0 Å². The molecule has 0 saturated carbocycles. The van der Waals surface area contributed by atoms with E-state index in [1.165, 1.54) is 0 Å². The van der Waals surface area contributed by atoms with Crippen molar-refractivity contribution in [1.82, 2.24) is 0 Å². The Hall–Kier alpha value is -0.650. The predicted octanol–water partition coefficient (Wildman–Crippen LogP) is -0.369. The number of rotatable bonds is 7. The zero-order chi connectivity index (χ0) is 11.2. The molecule has 0 aliphatic rings. The van der Waals surface area contributed by atoms with Crippen molar-refractivity contribution in [3.63, 3.8) is 0 Å². The molecule has 2 unspecified atom stereocenters. The van der Waals surface area contributed by atoms with Crippen LogP contribution in [0.5, 0.6) is 0 Å². The summed E-state index contributed by atoms with van der Waals surface area (Å²) in [6.07, 6.45) is -0.0859. The lowest BCUT2D eigenvalue weighted by Crippen LogP contribution is -2.53. The van der Waals surface area contributed by atoms with Gasteiger partial charge in [-0.3, -0.25) is 4.79 Å². The van der Waals surface area contributed by atoms with Crippen LogP contribution in [-0.4, -0.2) is 37.4 Å². The molecule has 0 spiro atoms. The smallest absolute Gasteiger partial charge is 0.239 e. The highest BCUT2D eigenvalue weighted by Crippen LogP contribution is 2.02. The van der Waals surface area contributed by atoms with Crippen LogP contribution < -0.4 is 11.5 Å². The fraction of sp³-hybridized carbons (Fsp3) is 0.889. The van der Waals surface area contributed by atoms with E-state index in [-0.39, 0.29) is 12.7 Å². The molecule has 0 saturated heterocycles. The second kappa shape index (κ2) is 5.95. The van der Waals surface area contributed by atoms with E-state index in [9.17, 15) is 4.79 Å². The summed E-state index contributed by atoms with van der Waals surface area (Å²) in [6, 6.07) is 0. The molecule has 84 valence electrons. The molecule has 0 aromatic heterocycles. The van der Waals surface area contributed by atoms with Crippen LogP contribution in [-0.2, 0) is 14.3 Å². The summed E-state index contributed by atoms with van der Waals surface area (Å²) in [5, 5.41) is 0. The first-order valence-electron chi connectivity index (χ1n) is 4.68. The highest BCUT2D eigenvalue weighted by molar-refractivity contribution is 5.83. The molecular weight excluding hydrogens is 184 g/mol. The number of hydrogen-bond acceptors (Lipinski definition) is 4. The molecule has 2 atom stereocenters. The van der Waals surface area contributed by atoms with Gasteiger partial charge in [-0.1, -0.05) is 0 Å². The largest absolute Gasteiger partial charge is 0.379 e. The van der Waals surface area contributed by atoms with Crippen molar-refractivity contribution in [2.45, 2.75) is 32.4 Å². The number of amides is 1. The maximum absolute atomic E-state index is 10.8. The first-order chi connectivity index (χ1) is 6.40. The Labute approximate surface area is 84.7 Å². The molecule has 0 heterocycles. The van der Waals surface area contributed by atoms with Gasteiger partial charge in [-0.15, -0.1) is 0 Å². The molecule has 5 nitrogen and oxygen atoms in total. The first kappa shape index (κ1) is 13.4.